The Bertz CT molecular complexity index is 161. The van der Waals surface area contributed by atoms with Crippen LogP contribution in [0.4, 0.5) is 0 Å². The highest BCUT2D eigenvalue weighted by molar-refractivity contribution is 5.04. The van der Waals surface area contributed by atoms with Gasteiger partial charge in [-0.25, -0.2) is 0 Å². The van der Waals surface area contributed by atoms with Crippen LogP contribution in [0.25, 0.3) is 0 Å². The van der Waals surface area contributed by atoms with E-state index in [1.165, 1.54) is 5.70 Å². The number of rotatable bonds is 2. The molecule has 0 fully saturated rings. The van der Waals surface area contributed by atoms with Crippen LogP contribution in [-0.2, 0) is 4.74 Å². The summed E-state index contributed by atoms with van der Waals surface area (Å²) in [6.45, 7) is 9.48. The lowest BCUT2D eigenvalue weighted by Gasteiger charge is -2.26. The van der Waals surface area contributed by atoms with Gasteiger partial charge in [-0.1, -0.05) is 13.8 Å². The van der Waals surface area contributed by atoms with Gasteiger partial charge < -0.3 is 9.64 Å². The van der Waals surface area contributed by atoms with Crippen molar-refractivity contribution in [3.05, 3.63) is 12.0 Å². The van der Waals surface area contributed by atoms with Crippen molar-refractivity contribution < 1.29 is 4.74 Å². The summed E-state index contributed by atoms with van der Waals surface area (Å²) >= 11 is 0. The molecule has 0 aromatic heterocycles. The van der Waals surface area contributed by atoms with E-state index in [4.69, 9.17) is 4.74 Å². The first-order valence-corrected chi connectivity index (χ1v) is 4.21. The molecule has 1 rings (SSSR count). The molecule has 64 valence electrons. The quantitative estimate of drug-likeness (QED) is 0.606. The van der Waals surface area contributed by atoms with Crippen LogP contribution >= 0.6 is 0 Å². The highest BCUT2D eigenvalue weighted by Gasteiger charge is 2.20. The monoisotopic (exact) mass is 155 g/mol. The minimum atomic E-state index is 0.547. The SMILES string of the molecule is CC(C)C1=COCN1C(C)C. The third-order valence-corrected chi connectivity index (χ3v) is 1.96. The number of nitrogens with zero attached hydrogens (tertiary/aromatic N) is 1. The summed E-state index contributed by atoms with van der Waals surface area (Å²) in [6, 6.07) is 0.547. The van der Waals surface area contributed by atoms with Crippen molar-refractivity contribution in [2.24, 2.45) is 5.92 Å². The molecule has 0 amide bonds. The van der Waals surface area contributed by atoms with E-state index in [9.17, 15) is 0 Å². The fraction of sp³-hybridized carbons (Fsp3) is 0.778. The smallest absolute Gasteiger partial charge is 0.160 e. The Labute approximate surface area is 68.8 Å². The molecule has 2 nitrogen and oxygen atoms in total. The Hall–Kier alpha value is -0.660. The van der Waals surface area contributed by atoms with E-state index >= 15 is 0 Å². The van der Waals surface area contributed by atoms with Crippen LogP contribution in [0, 0.1) is 5.92 Å². The molecule has 2 heteroatoms. The van der Waals surface area contributed by atoms with Crippen molar-refractivity contribution >= 4 is 0 Å². The molecule has 1 aliphatic heterocycles. The molecular weight excluding hydrogens is 138 g/mol. The zero-order valence-electron chi connectivity index (χ0n) is 7.79. The lowest BCUT2D eigenvalue weighted by Crippen LogP contribution is -2.29. The lowest BCUT2D eigenvalue weighted by molar-refractivity contribution is 0.137. The number of ether oxygens (including phenoxy) is 1. The molecule has 0 aromatic rings. The second kappa shape index (κ2) is 3.16. The summed E-state index contributed by atoms with van der Waals surface area (Å²) in [5.74, 6) is 0.569. The number of hydrogen-bond donors (Lipinski definition) is 0. The summed E-state index contributed by atoms with van der Waals surface area (Å²) in [7, 11) is 0. The van der Waals surface area contributed by atoms with E-state index in [1.54, 1.807) is 0 Å². The van der Waals surface area contributed by atoms with Crippen LogP contribution in [0.3, 0.4) is 0 Å². The van der Waals surface area contributed by atoms with Crippen LogP contribution < -0.4 is 0 Å². The van der Waals surface area contributed by atoms with Gasteiger partial charge >= 0.3 is 0 Å². The fourth-order valence-corrected chi connectivity index (χ4v) is 1.26. The molecule has 0 saturated carbocycles. The number of hydrogen-bond acceptors (Lipinski definition) is 2. The molecular formula is C9H17NO. The van der Waals surface area contributed by atoms with E-state index in [0.29, 0.717) is 12.0 Å². The van der Waals surface area contributed by atoms with E-state index < -0.39 is 0 Å². The first-order chi connectivity index (χ1) is 5.13. The molecule has 0 radical (unpaired) electrons. The predicted molar refractivity (Wildman–Crippen MR) is 45.8 cm³/mol. The van der Waals surface area contributed by atoms with Gasteiger partial charge in [-0.2, -0.15) is 0 Å². The van der Waals surface area contributed by atoms with Crippen LogP contribution in [-0.4, -0.2) is 17.7 Å². The first-order valence-electron chi connectivity index (χ1n) is 4.21. The Balaban J connectivity index is 2.63. The molecule has 0 atom stereocenters. The summed E-state index contributed by atoms with van der Waals surface area (Å²) in [5.41, 5.74) is 1.32. The van der Waals surface area contributed by atoms with Crippen molar-refractivity contribution in [1.29, 1.82) is 0 Å². The van der Waals surface area contributed by atoms with Gasteiger partial charge in [0.2, 0.25) is 0 Å². The van der Waals surface area contributed by atoms with Gasteiger partial charge in [-0.3, -0.25) is 0 Å². The van der Waals surface area contributed by atoms with E-state index in [0.717, 1.165) is 6.73 Å². The van der Waals surface area contributed by atoms with E-state index in [-0.39, 0.29) is 0 Å². The molecule has 0 aliphatic carbocycles. The zero-order chi connectivity index (χ0) is 8.43. The summed E-state index contributed by atoms with van der Waals surface area (Å²) in [6.07, 6.45) is 1.88. The summed E-state index contributed by atoms with van der Waals surface area (Å²) in [5, 5.41) is 0. The minimum Gasteiger partial charge on any atom is -0.479 e. The molecule has 1 aliphatic rings. The molecule has 0 saturated heterocycles. The van der Waals surface area contributed by atoms with Gasteiger partial charge in [0.05, 0.1) is 5.70 Å². The number of allylic oxidation sites excluding steroid dienone is 1. The van der Waals surface area contributed by atoms with E-state index in [1.807, 2.05) is 6.26 Å². The summed E-state index contributed by atoms with van der Waals surface area (Å²) < 4.78 is 5.26. The van der Waals surface area contributed by atoms with Crippen molar-refractivity contribution in [3.8, 4) is 0 Å². The third kappa shape index (κ3) is 1.67. The zero-order valence-corrected chi connectivity index (χ0v) is 7.79. The average Bonchev–Trinajstić information content (AvgIpc) is 2.32. The predicted octanol–water partition coefficient (Wildman–Crippen LogP) is 2.18. The molecule has 11 heavy (non-hydrogen) atoms. The topological polar surface area (TPSA) is 12.5 Å². The molecule has 0 N–H and O–H groups in total. The molecule has 1 heterocycles. The maximum absolute atomic E-state index is 5.26. The van der Waals surface area contributed by atoms with Crippen LogP contribution in [0.5, 0.6) is 0 Å². The molecule has 0 bridgehead atoms. The van der Waals surface area contributed by atoms with Gasteiger partial charge in [0, 0.05) is 6.04 Å². The van der Waals surface area contributed by atoms with E-state index in [2.05, 4.69) is 32.6 Å². The first kappa shape index (κ1) is 8.44. The van der Waals surface area contributed by atoms with Gasteiger partial charge in [0.1, 0.15) is 6.26 Å². The maximum atomic E-state index is 5.26. The Morgan fingerprint density at radius 3 is 2.36 bits per heavy atom. The van der Waals surface area contributed by atoms with Crippen molar-refractivity contribution in [2.75, 3.05) is 6.73 Å². The highest BCUT2D eigenvalue weighted by atomic mass is 16.5. The van der Waals surface area contributed by atoms with Gasteiger partial charge in [0.25, 0.3) is 0 Å². The van der Waals surface area contributed by atoms with Crippen LogP contribution in [0.2, 0.25) is 0 Å². The lowest BCUT2D eigenvalue weighted by atomic mass is 10.1. The summed E-state index contributed by atoms with van der Waals surface area (Å²) in [4.78, 5) is 2.28. The van der Waals surface area contributed by atoms with Crippen molar-refractivity contribution in [2.45, 2.75) is 33.7 Å². The molecule has 0 aromatic carbocycles. The second-order valence-corrected chi connectivity index (χ2v) is 3.56. The van der Waals surface area contributed by atoms with Gasteiger partial charge in [0.15, 0.2) is 6.73 Å². The largest absolute Gasteiger partial charge is 0.479 e. The Morgan fingerprint density at radius 2 is 2.00 bits per heavy atom. The third-order valence-electron chi connectivity index (χ3n) is 1.96. The van der Waals surface area contributed by atoms with Crippen LogP contribution in [0.15, 0.2) is 12.0 Å². The minimum absolute atomic E-state index is 0.547. The standard InChI is InChI=1S/C9H17NO/c1-7(2)9-5-11-6-10(9)8(3)4/h5,7-8H,6H2,1-4H3. The van der Waals surface area contributed by atoms with Crippen LogP contribution in [0.1, 0.15) is 27.7 Å². The van der Waals surface area contributed by atoms with Gasteiger partial charge in [-0.05, 0) is 19.8 Å². The normalized spacial score (nSPS) is 17.6. The average molecular weight is 155 g/mol. The Kier molecular flexibility index (Phi) is 2.42. The van der Waals surface area contributed by atoms with Gasteiger partial charge in [-0.15, -0.1) is 0 Å². The fourth-order valence-electron chi connectivity index (χ4n) is 1.26. The maximum Gasteiger partial charge on any atom is 0.160 e. The van der Waals surface area contributed by atoms with Crippen molar-refractivity contribution in [3.63, 3.8) is 0 Å². The molecule has 0 spiro atoms. The molecule has 0 unspecified atom stereocenters. The Morgan fingerprint density at radius 1 is 1.36 bits per heavy atom. The highest BCUT2D eigenvalue weighted by Crippen LogP contribution is 2.22. The van der Waals surface area contributed by atoms with Crippen molar-refractivity contribution in [1.82, 2.24) is 4.90 Å². The second-order valence-electron chi connectivity index (χ2n) is 3.56.